The SMILES string of the molecule is [C-]#[N+]c1c(Br)nn([C@H]2C[C@H](COC)N(C(=O)OC(C)(C)C)C2)c1NCC. The van der Waals surface area contributed by atoms with E-state index >= 15 is 0 Å². The van der Waals surface area contributed by atoms with Gasteiger partial charge in [0.05, 0.1) is 25.3 Å². The molecule has 0 saturated carbocycles. The second kappa shape index (κ2) is 8.27. The fraction of sp³-hybridized carbons (Fsp3) is 0.706. The van der Waals surface area contributed by atoms with E-state index in [2.05, 4.69) is 31.2 Å². The quantitative estimate of drug-likeness (QED) is 0.722. The summed E-state index contributed by atoms with van der Waals surface area (Å²) in [5.41, 5.74) is -0.112. The van der Waals surface area contributed by atoms with Crippen molar-refractivity contribution in [1.82, 2.24) is 14.7 Å². The number of nitrogens with zero attached hydrogens (tertiary/aromatic N) is 4. The number of anilines is 1. The molecule has 0 aromatic carbocycles. The number of carbonyl (C=O) groups is 1. The zero-order chi connectivity index (χ0) is 19.5. The summed E-state index contributed by atoms with van der Waals surface area (Å²) in [6, 6.07) is -0.169. The fourth-order valence-electron chi connectivity index (χ4n) is 3.06. The van der Waals surface area contributed by atoms with Gasteiger partial charge in [0.25, 0.3) is 5.69 Å². The average Bonchev–Trinajstić information content (AvgIpc) is 3.08. The maximum atomic E-state index is 12.6. The molecule has 0 radical (unpaired) electrons. The molecule has 144 valence electrons. The summed E-state index contributed by atoms with van der Waals surface area (Å²) in [7, 11) is 1.62. The number of amides is 1. The van der Waals surface area contributed by atoms with Crippen LogP contribution in [0, 0.1) is 6.57 Å². The zero-order valence-corrected chi connectivity index (χ0v) is 17.5. The van der Waals surface area contributed by atoms with Crippen LogP contribution in [0.2, 0.25) is 0 Å². The number of carbonyl (C=O) groups excluding carboxylic acids is 1. The molecule has 0 spiro atoms. The van der Waals surface area contributed by atoms with Crippen molar-refractivity contribution in [2.45, 2.75) is 51.8 Å². The monoisotopic (exact) mass is 427 g/mol. The zero-order valence-electron chi connectivity index (χ0n) is 15.9. The number of rotatable bonds is 5. The van der Waals surface area contributed by atoms with Gasteiger partial charge in [0, 0.05) is 20.2 Å². The van der Waals surface area contributed by atoms with Crippen molar-refractivity contribution in [1.29, 1.82) is 0 Å². The van der Waals surface area contributed by atoms with Crippen LogP contribution in [0.15, 0.2) is 4.60 Å². The van der Waals surface area contributed by atoms with E-state index < -0.39 is 5.60 Å². The highest BCUT2D eigenvalue weighted by molar-refractivity contribution is 9.10. The molecule has 0 aliphatic carbocycles. The topological polar surface area (TPSA) is 73.0 Å². The lowest BCUT2D eigenvalue weighted by molar-refractivity contribution is 0.0145. The molecule has 8 nitrogen and oxygen atoms in total. The van der Waals surface area contributed by atoms with E-state index in [1.807, 2.05) is 27.7 Å². The van der Waals surface area contributed by atoms with Crippen molar-refractivity contribution in [2.24, 2.45) is 0 Å². The van der Waals surface area contributed by atoms with Crippen molar-refractivity contribution in [3.8, 4) is 0 Å². The molecule has 1 aromatic rings. The molecule has 1 aromatic heterocycles. The van der Waals surface area contributed by atoms with Crippen LogP contribution in [0.4, 0.5) is 16.3 Å². The average molecular weight is 428 g/mol. The molecular weight excluding hydrogens is 402 g/mol. The maximum Gasteiger partial charge on any atom is 0.410 e. The largest absolute Gasteiger partial charge is 0.444 e. The molecule has 1 amide bonds. The van der Waals surface area contributed by atoms with E-state index in [1.54, 1.807) is 16.7 Å². The Labute approximate surface area is 162 Å². The van der Waals surface area contributed by atoms with Crippen molar-refractivity contribution >= 4 is 33.5 Å². The van der Waals surface area contributed by atoms with Crippen molar-refractivity contribution in [3.05, 3.63) is 16.0 Å². The highest BCUT2D eigenvalue weighted by Gasteiger charge is 2.40. The molecule has 2 rings (SSSR count). The summed E-state index contributed by atoms with van der Waals surface area (Å²) in [6.45, 7) is 16.4. The predicted octanol–water partition coefficient (Wildman–Crippen LogP) is 3.83. The second-order valence-electron chi connectivity index (χ2n) is 7.21. The lowest BCUT2D eigenvalue weighted by Crippen LogP contribution is -2.41. The van der Waals surface area contributed by atoms with Crippen molar-refractivity contribution in [2.75, 3.05) is 32.1 Å². The minimum atomic E-state index is -0.562. The van der Waals surface area contributed by atoms with Crippen LogP contribution >= 0.6 is 15.9 Å². The predicted molar refractivity (Wildman–Crippen MR) is 103 cm³/mol. The summed E-state index contributed by atoms with van der Waals surface area (Å²) in [4.78, 5) is 17.9. The summed E-state index contributed by atoms with van der Waals surface area (Å²) in [5.74, 6) is 0.668. The van der Waals surface area contributed by atoms with Gasteiger partial charge in [-0.3, -0.25) is 4.68 Å². The maximum absolute atomic E-state index is 12.6. The van der Waals surface area contributed by atoms with E-state index in [0.29, 0.717) is 42.2 Å². The van der Waals surface area contributed by atoms with E-state index in [4.69, 9.17) is 16.0 Å². The van der Waals surface area contributed by atoms with Gasteiger partial charge in [-0.2, -0.15) is 5.10 Å². The van der Waals surface area contributed by atoms with Gasteiger partial charge >= 0.3 is 6.09 Å². The lowest BCUT2D eigenvalue weighted by Gasteiger charge is -2.28. The molecule has 1 saturated heterocycles. The van der Waals surface area contributed by atoms with Crippen molar-refractivity contribution in [3.63, 3.8) is 0 Å². The number of hydrogen-bond donors (Lipinski definition) is 1. The van der Waals surface area contributed by atoms with Crippen LogP contribution in [0.5, 0.6) is 0 Å². The second-order valence-corrected chi connectivity index (χ2v) is 7.96. The normalized spacial score (nSPS) is 20.1. The van der Waals surface area contributed by atoms with Gasteiger partial charge < -0.3 is 19.7 Å². The molecule has 2 heterocycles. The van der Waals surface area contributed by atoms with Gasteiger partial charge in [0.2, 0.25) is 0 Å². The van der Waals surface area contributed by atoms with E-state index in [9.17, 15) is 4.79 Å². The molecule has 9 heteroatoms. The molecule has 26 heavy (non-hydrogen) atoms. The number of aromatic nitrogens is 2. The van der Waals surface area contributed by atoms with Crippen LogP contribution in [0.1, 0.15) is 40.2 Å². The highest BCUT2D eigenvalue weighted by atomic mass is 79.9. The van der Waals surface area contributed by atoms with Crippen LogP contribution in [0.25, 0.3) is 4.85 Å². The third-order valence-electron chi connectivity index (χ3n) is 4.03. The Balaban J connectivity index is 2.30. The Morgan fingerprint density at radius 1 is 1.50 bits per heavy atom. The Kier molecular flexibility index (Phi) is 6.53. The molecule has 0 unspecified atom stereocenters. The first-order valence-corrected chi connectivity index (χ1v) is 9.39. The highest BCUT2D eigenvalue weighted by Crippen LogP contribution is 2.39. The van der Waals surface area contributed by atoms with Gasteiger partial charge in [0.1, 0.15) is 16.0 Å². The number of likely N-dealkylation sites (tertiary alicyclic amines) is 1. The van der Waals surface area contributed by atoms with Gasteiger partial charge in [-0.1, -0.05) is 0 Å². The minimum Gasteiger partial charge on any atom is -0.444 e. The van der Waals surface area contributed by atoms with Crippen LogP contribution in [-0.4, -0.2) is 59.2 Å². The minimum absolute atomic E-state index is 0.0662. The molecular formula is C17H26BrN5O3. The smallest absolute Gasteiger partial charge is 0.410 e. The van der Waals surface area contributed by atoms with E-state index in [1.165, 1.54) is 0 Å². The standard InChI is InChI=1S/C17H26BrN5O3/c1-7-20-15-13(19-5)14(18)21-23(15)11-8-12(10-25-6)22(9-11)16(24)26-17(2,3)4/h11-12,20H,7-10H2,1-4,6H3/t11-,12+/m0/s1. The van der Waals surface area contributed by atoms with Crippen LogP contribution < -0.4 is 5.32 Å². The summed E-state index contributed by atoms with van der Waals surface area (Å²) < 4.78 is 13.1. The number of methoxy groups -OCH3 is 1. The molecule has 2 atom stereocenters. The van der Waals surface area contributed by atoms with Gasteiger partial charge in [-0.25, -0.2) is 9.64 Å². The number of hydrogen-bond acceptors (Lipinski definition) is 5. The molecule has 1 N–H and O–H groups in total. The summed E-state index contributed by atoms with van der Waals surface area (Å²) >= 11 is 3.36. The fourth-order valence-corrected chi connectivity index (χ4v) is 3.50. The first-order chi connectivity index (χ1) is 12.2. The number of ether oxygens (including phenoxy) is 2. The third-order valence-corrected chi connectivity index (χ3v) is 4.56. The van der Waals surface area contributed by atoms with Gasteiger partial charge in [0.15, 0.2) is 0 Å². The van der Waals surface area contributed by atoms with Crippen molar-refractivity contribution < 1.29 is 14.3 Å². The van der Waals surface area contributed by atoms with E-state index in [-0.39, 0.29) is 18.2 Å². The molecule has 1 fully saturated rings. The van der Waals surface area contributed by atoms with Crippen LogP contribution in [-0.2, 0) is 9.47 Å². The van der Waals surface area contributed by atoms with E-state index in [0.717, 1.165) is 0 Å². The number of halogens is 1. The molecule has 1 aliphatic heterocycles. The Bertz CT molecular complexity index is 692. The molecule has 1 aliphatic rings. The Morgan fingerprint density at radius 3 is 2.73 bits per heavy atom. The first kappa shape index (κ1) is 20.5. The summed E-state index contributed by atoms with van der Waals surface area (Å²) in [5, 5.41) is 7.70. The third kappa shape index (κ3) is 4.48. The van der Waals surface area contributed by atoms with Gasteiger partial charge in [-0.15, -0.1) is 0 Å². The number of nitrogens with one attached hydrogen (secondary N) is 1. The van der Waals surface area contributed by atoms with Gasteiger partial charge in [-0.05, 0) is 50.0 Å². The lowest BCUT2D eigenvalue weighted by atomic mass is 10.2. The van der Waals surface area contributed by atoms with Crippen LogP contribution in [0.3, 0.4) is 0 Å². The summed E-state index contributed by atoms with van der Waals surface area (Å²) in [6.07, 6.45) is 0.320. The Morgan fingerprint density at radius 2 is 2.19 bits per heavy atom. The Hall–Kier alpha value is -1.79. The molecule has 0 bridgehead atoms. The first-order valence-electron chi connectivity index (χ1n) is 8.59.